The Morgan fingerprint density at radius 2 is 2.10 bits per heavy atom. The van der Waals surface area contributed by atoms with Crippen molar-refractivity contribution in [3.05, 3.63) is 17.3 Å². The lowest BCUT2D eigenvalue weighted by Crippen LogP contribution is -2.19. The summed E-state index contributed by atoms with van der Waals surface area (Å²) >= 11 is 2.99. The summed E-state index contributed by atoms with van der Waals surface area (Å²) in [7, 11) is 1.24. The zero-order valence-electron chi connectivity index (χ0n) is 10.6. The number of methoxy groups -OCH3 is 1. The smallest absolute Gasteiger partial charge is 0.480 e. The minimum Gasteiger partial charge on any atom is -0.480 e. The molecule has 0 fully saturated rings. The first kappa shape index (κ1) is 16.5. The molecule has 0 unspecified atom stereocenters. The number of pyridine rings is 1. The van der Waals surface area contributed by atoms with Crippen LogP contribution in [0.1, 0.15) is 23.0 Å². The summed E-state index contributed by atoms with van der Waals surface area (Å²) in [6, 6.07) is 0.897. The molecule has 0 spiro atoms. The Hall–Kier alpha value is -1.51. The van der Waals surface area contributed by atoms with Crippen LogP contribution < -0.4 is 9.47 Å². The number of aromatic nitrogens is 1. The molecule has 1 aromatic heterocycles. The molecule has 0 saturated heterocycles. The number of halogens is 4. The number of esters is 1. The highest BCUT2D eigenvalue weighted by Crippen LogP contribution is 2.31. The molecule has 0 saturated carbocycles. The molecule has 0 aliphatic rings. The maximum absolute atomic E-state index is 12.3. The molecule has 0 aliphatic carbocycles. The van der Waals surface area contributed by atoms with Gasteiger partial charge in [0.05, 0.1) is 19.4 Å². The van der Waals surface area contributed by atoms with Crippen molar-refractivity contribution in [2.75, 3.05) is 13.7 Å². The molecule has 0 aromatic carbocycles. The Kier molecular flexibility index (Phi) is 5.61. The highest BCUT2D eigenvalue weighted by Gasteiger charge is 2.33. The first-order valence-electron chi connectivity index (χ1n) is 5.39. The molecule has 9 heteroatoms. The molecule has 0 aliphatic heterocycles. The Bertz CT molecular complexity index is 493. The molecular formula is C11H11BrF3NO4. The highest BCUT2D eigenvalue weighted by atomic mass is 79.9. The lowest BCUT2D eigenvalue weighted by Gasteiger charge is -2.14. The Morgan fingerprint density at radius 3 is 2.55 bits per heavy atom. The van der Waals surface area contributed by atoms with Gasteiger partial charge in [0.25, 0.3) is 0 Å². The molecule has 112 valence electrons. The van der Waals surface area contributed by atoms with Crippen LogP contribution in [0.15, 0.2) is 6.07 Å². The van der Waals surface area contributed by atoms with Gasteiger partial charge in [-0.3, -0.25) is 0 Å². The second-order valence-corrected chi connectivity index (χ2v) is 3.95. The number of carbonyl (C=O) groups is 1. The summed E-state index contributed by atoms with van der Waals surface area (Å²) in [6.45, 7) is 1.63. The van der Waals surface area contributed by atoms with E-state index in [1.54, 1.807) is 6.92 Å². The van der Waals surface area contributed by atoms with Crippen molar-refractivity contribution in [2.45, 2.75) is 18.6 Å². The molecule has 1 rings (SSSR count). The first-order chi connectivity index (χ1) is 9.32. The van der Waals surface area contributed by atoms with Gasteiger partial charge in [-0.05, 0) is 6.92 Å². The topological polar surface area (TPSA) is 57.7 Å². The van der Waals surface area contributed by atoms with Crippen molar-refractivity contribution in [3.63, 3.8) is 0 Å². The number of hydrogen-bond acceptors (Lipinski definition) is 5. The van der Waals surface area contributed by atoms with Crippen LogP contribution >= 0.6 is 15.9 Å². The van der Waals surface area contributed by atoms with Crippen molar-refractivity contribution in [2.24, 2.45) is 0 Å². The third-order valence-corrected chi connectivity index (χ3v) is 2.60. The molecular weight excluding hydrogens is 347 g/mol. The largest absolute Gasteiger partial charge is 0.573 e. The number of rotatable bonds is 5. The molecule has 0 N–H and O–H groups in total. The van der Waals surface area contributed by atoms with Crippen LogP contribution in [0.4, 0.5) is 13.2 Å². The molecule has 0 amide bonds. The predicted octanol–water partition coefficient (Wildman–Crippen LogP) is 3.06. The van der Waals surface area contributed by atoms with E-state index >= 15 is 0 Å². The average molecular weight is 358 g/mol. The second kappa shape index (κ2) is 6.78. The first-order valence-corrected chi connectivity index (χ1v) is 6.51. The van der Waals surface area contributed by atoms with E-state index in [0.717, 1.165) is 6.07 Å². The molecule has 0 radical (unpaired) electrons. The van der Waals surface area contributed by atoms with Crippen molar-refractivity contribution >= 4 is 21.9 Å². The molecule has 0 bridgehead atoms. The third-order valence-electron chi connectivity index (χ3n) is 2.07. The number of nitrogens with zero attached hydrogens (tertiary/aromatic N) is 1. The van der Waals surface area contributed by atoms with Crippen LogP contribution in [0.25, 0.3) is 0 Å². The fourth-order valence-corrected chi connectivity index (χ4v) is 1.74. The quantitative estimate of drug-likeness (QED) is 0.598. The van der Waals surface area contributed by atoms with Crippen LogP contribution in [0.2, 0.25) is 0 Å². The van der Waals surface area contributed by atoms with Crippen molar-refractivity contribution in [1.82, 2.24) is 4.98 Å². The molecule has 1 heterocycles. The van der Waals surface area contributed by atoms with Gasteiger partial charge in [-0.1, -0.05) is 15.9 Å². The normalized spacial score (nSPS) is 11.1. The van der Waals surface area contributed by atoms with E-state index in [2.05, 4.69) is 25.7 Å². The SMILES string of the molecule is CCOC(=O)c1cc(OC(F)(F)F)c(CBr)nc1OC. The van der Waals surface area contributed by atoms with Gasteiger partial charge in [-0.15, -0.1) is 13.2 Å². The summed E-state index contributed by atoms with van der Waals surface area (Å²) in [6.07, 6.45) is -4.89. The molecule has 1 aromatic rings. The van der Waals surface area contributed by atoms with Crippen LogP contribution in [0.3, 0.4) is 0 Å². The van der Waals surface area contributed by atoms with Crippen LogP contribution in [-0.2, 0) is 10.1 Å². The van der Waals surface area contributed by atoms with Gasteiger partial charge in [0.15, 0.2) is 5.75 Å². The monoisotopic (exact) mass is 357 g/mol. The zero-order chi connectivity index (χ0) is 15.3. The van der Waals surface area contributed by atoms with E-state index < -0.39 is 18.1 Å². The molecule has 20 heavy (non-hydrogen) atoms. The zero-order valence-corrected chi connectivity index (χ0v) is 12.2. The molecule has 5 nitrogen and oxygen atoms in total. The van der Waals surface area contributed by atoms with E-state index in [9.17, 15) is 18.0 Å². The van der Waals surface area contributed by atoms with E-state index in [0.29, 0.717) is 0 Å². The third kappa shape index (κ3) is 4.26. The summed E-state index contributed by atoms with van der Waals surface area (Å²) in [5.41, 5.74) is -0.287. The van der Waals surface area contributed by atoms with Gasteiger partial charge in [0.1, 0.15) is 5.56 Å². The van der Waals surface area contributed by atoms with Crippen LogP contribution in [0, 0.1) is 0 Å². The van der Waals surface area contributed by atoms with Crippen molar-refractivity contribution in [1.29, 1.82) is 0 Å². The van der Waals surface area contributed by atoms with Gasteiger partial charge < -0.3 is 14.2 Å². The Labute approximate surface area is 121 Å². The van der Waals surface area contributed by atoms with Crippen molar-refractivity contribution in [3.8, 4) is 11.6 Å². The van der Waals surface area contributed by atoms with Gasteiger partial charge >= 0.3 is 12.3 Å². The van der Waals surface area contributed by atoms with E-state index in [1.165, 1.54) is 7.11 Å². The molecule has 0 atom stereocenters. The van der Waals surface area contributed by atoms with E-state index in [4.69, 9.17) is 9.47 Å². The van der Waals surface area contributed by atoms with Gasteiger partial charge in [-0.25, -0.2) is 9.78 Å². The fraction of sp³-hybridized carbons (Fsp3) is 0.455. The summed E-state index contributed by atoms with van der Waals surface area (Å²) in [5.74, 6) is -1.56. The van der Waals surface area contributed by atoms with Crippen LogP contribution in [0.5, 0.6) is 11.6 Å². The summed E-state index contributed by atoms with van der Waals surface area (Å²) in [4.78, 5) is 15.5. The lowest BCUT2D eigenvalue weighted by atomic mass is 10.2. The average Bonchev–Trinajstić information content (AvgIpc) is 2.36. The van der Waals surface area contributed by atoms with Crippen LogP contribution in [-0.4, -0.2) is 31.0 Å². The Balaban J connectivity index is 3.29. The van der Waals surface area contributed by atoms with Crippen molar-refractivity contribution < 1.29 is 32.2 Å². The predicted molar refractivity (Wildman–Crippen MR) is 66.1 cm³/mol. The fourth-order valence-electron chi connectivity index (χ4n) is 1.33. The van der Waals surface area contributed by atoms with E-state index in [-0.39, 0.29) is 29.1 Å². The minimum absolute atomic E-state index is 0.00210. The highest BCUT2D eigenvalue weighted by molar-refractivity contribution is 9.08. The lowest BCUT2D eigenvalue weighted by molar-refractivity contribution is -0.275. The second-order valence-electron chi connectivity index (χ2n) is 3.39. The maximum atomic E-state index is 12.3. The number of alkyl halides is 4. The standard InChI is InChI=1S/C11H11BrF3NO4/c1-3-19-10(17)6-4-8(20-11(13,14)15)7(5-12)16-9(6)18-2/h4H,3,5H2,1-2H3. The number of carbonyl (C=O) groups excluding carboxylic acids is 1. The van der Waals surface area contributed by atoms with Gasteiger partial charge in [0, 0.05) is 11.4 Å². The minimum atomic E-state index is -4.89. The van der Waals surface area contributed by atoms with Gasteiger partial charge in [0.2, 0.25) is 5.88 Å². The number of ether oxygens (including phenoxy) is 3. The Morgan fingerprint density at radius 1 is 1.45 bits per heavy atom. The number of hydrogen-bond donors (Lipinski definition) is 0. The van der Waals surface area contributed by atoms with Gasteiger partial charge in [-0.2, -0.15) is 0 Å². The maximum Gasteiger partial charge on any atom is 0.573 e. The summed E-state index contributed by atoms with van der Waals surface area (Å²) in [5, 5.41) is -0.00210. The van der Waals surface area contributed by atoms with E-state index in [1.807, 2.05) is 0 Å². The summed E-state index contributed by atoms with van der Waals surface area (Å²) < 4.78 is 50.4.